The first-order valence-electron chi connectivity index (χ1n) is 9.02. The molecule has 2 aromatic rings. The quantitative estimate of drug-likeness (QED) is 0.809. The second-order valence-electron chi connectivity index (χ2n) is 7.24. The molecule has 2 aromatic carbocycles. The number of nitrogens with two attached hydrogens (primary N) is 1. The van der Waals surface area contributed by atoms with Gasteiger partial charge in [0.15, 0.2) is 9.84 Å². The molecule has 1 aliphatic carbocycles. The van der Waals surface area contributed by atoms with Crippen molar-refractivity contribution in [3.05, 3.63) is 65.2 Å². The van der Waals surface area contributed by atoms with E-state index < -0.39 is 20.5 Å². The summed E-state index contributed by atoms with van der Waals surface area (Å²) in [4.78, 5) is 0.358. The summed E-state index contributed by atoms with van der Waals surface area (Å²) in [6, 6.07) is 15.1. The highest BCUT2D eigenvalue weighted by molar-refractivity contribution is 7.92. The van der Waals surface area contributed by atoms with Crippen molar-refractivity contribution in [2.45, 2.75) is 36.8 Å². The molecule has 0 bridgehead atoms. The Kier molecular flexibility index (Phi) is 5.24. The van der Waals surface area contributed by atoms with Crippen LogP contribution in [0.5, 0.6) is 0 Å². The van der Waals surface area contributed by atoms with Gasteiger partial charge in [0, 0.05) is 24.5 Å². The zero-order valence-corrected chi connectivity index (χ0v) is 16.4. The molecular weight excluding hydrogens is 346 g/mol. The van der Waals surface area contributed by atoms with E-state index in [4.69, 9.17) is 10.5 Å². The maximum Gasteiger partial charge on any atom is 0.182 e. The van der Waals surface area contributed by atoms with Gasteiger partial charge in [0.1, 0.15) is 0 Å². The third-order valence-corrected chi connectivity index (χ3v) is 7.79. The van der Waals surface area contributed by atoms with Crippen molar-refractivity contribution in [3.8, 4) is 0 Å². The van der Waals surface area contributed by atoms with Crippen LogP contribution < -0.4 is 5.73 Å². The number of sulfone groups is 1. The average Bonchev–Trinajstić information content (AvgIpc) is 3.31. The summed E-state index contributed by atoms with van der Waals surface area (Å²) in [6.07, 6.45) is 0. The summed E-state index contributed by atoms with van der Waals surface area (Å²) in [6.45, 7) is 7.06. The highest BCUT2D eigenvalue weighted by atomic mass is 32.2. The van der Waals surface area contributed by atoms with Crippen LogP contribution in [0.3, 0.4) is 0 Å². The predicted molar refractivity (Wildman–Crippen MR) is 104 cm³/mol. The van der Waals surface area contributed by atoms with Gasteiger partial charge in [-0.3, -0.25) is 0 Å². The molecule has 0 radical (unpaired) electrons. The zero-order valence-electron chi connectivity index (χ0n) is 15.6. The fourth-order valence-corrected chi connectivity index (χ4v) is 6.31. The topological polar surface area (TPSA) is 69.4 Å². The first-order valence-corrected chi connectivity index (χ1v) is 10.6. The van der Waals surface area contributed by atoms with Crippen molar-refractivity contribution in [1.29, 1.82) is 0 Å². The van der Waals surface area contributed by atoms with Crippen LogP contribution >= 0.6 is 0 Å². The van der Waals surface area contributed by atoms with Gasteiger partial charge in [-0.05, 0) is 38.5 Å². The second-order valence-corrected chi connectivity index (χ2v) is 9.31. The third kappa shape index (κ3) is 3.20. The number of aryl methyl sites for hydroxylation is 2. The first kappa shape index (κ1) is 19.1. The van der Waals surface area contributed by atoms with Gasteiger partial charge in [0.2, 0.25) is 0 Å². The normalized spacial score (nSPS) is 25.2. The molecule has 0 heterocycles. The van der Waals surface area contributed by atoms with Crippen molar-refractivity contribution in [3.63, 3.8) is 0 Å². The lowest BCUT2D eigenvalue weighted by Crippen LogP contribution is -2.29. The Hall–Kier alpha value is -1.69. The lowest BCUT2D eigenvalue weighted by molar-refractivity contribution is 0.101. The molecule has 2 N–H and O–H groups in total. The first-order chi connectivity index (χ1) is 12.4. The summed E-state index contributed by atoms with van der Waals surface area (Å²) in [5, 5.41) is -0.558. The smallest absolute Gasteiger partial charge is 0.182 e. The maximum absolute atomic E-state index is 13.4. The van der Waals surface area contributed by atoms with Gasteiger partial charge in [-0.25, -0.2) is 8.42 Å². The molecule has 3 atom stereocenters. The lowest BCUT2D eigenvalue weighted by Gasteiger charge is -2.16. The Labute approximate surface area is 156 Å². The van der Waals surface area contributed by atoms with Crippen molar-refractivity contribution < 1.29 is 13.2 Å². The summed E-state index contributed by atoms with van der Waals surface area (Å²) in [5.41, 5.74) is 8.74. The Balaban J connectivity index is 2.03. The van der Waals surface area contributed by atoms with Crippen LogP contribution in [-0.2, 0) is 14.6 Å². The fourth-order valence-electron chi connectivity index (χ4n) is 3.86. The van der Waals surface area contributed by atoms with E-state index in [0.717, 1.165) is 16.7 Å². The van der Waals surface area contributed by atoms with E-state index in [1.54, 1.807) is 12.1 Å². The number of hydrogen-bond donors (Lipinski definition) is 1. The van der Waals surface area contributed by atoms with Crippen LogP contribution in [0.25, 0.3) is 0 Å². The molecular formula is C21H27NO3S. The van der Waals surface area contributed by atoms with E-state index in [2.05, 4.69) is 0 Å². The summed E-state index contributed by atoms with van der Waals surface area (Å²) < 4.78 is 32.4. The van der Waals surface area contributed by atoms with Crippen LogP contribution in [0.2, 0.25) is 0 Å². The van der Waals surface area contributed by atoms with Gasteiger partial charge in [-0.1, -0.05) is 47.5 Å². The monoisotopic (exact) mass is 373 g/mol. The van der Waals surface area contributed by atoms with Crippen LogP contribution in [0.15, 0.2) is 53.4 Å². The van der Waals surface area contributed by atoms with Crippen molar-refractivity contribution >= 4 is 9.84 Å². The van der Waals surface area contributed by atoms with E-state index in [1.807, 2.05) is 57.2 Å². The molecule has 1 aliphatic rings. The highest BCUT2D eigenvalue weighted by Crippen LogP contribution is 2.63. The zero-order chi connectivity index (χ0) is 18.9. The molecule has 0 saturated heterocycles. The van der Waals surface area contributed by atoms with E-state index in [0.29, 0.717) is 18.1 Å². The molecule has 26 heavy (non-hydrogen) atoms. The molecule has 0 spiro atoms. The molecule has 4 nitrogen and oxygen atoms in total. The van der Waals surface area contributed by atoms with Crippen molar-refractivity contribution in [2.24, 2.45) is 11.1 Å². The van der Waals surface area contributed by atoms with Crippen LogP contribution in [0, 0.1) is 19.3 Å². The minimum Gasteiger partial charge on any atom is -0.381 e. The van der Waals surface area contributed by atoms with Crippen LogP contribution in [0.1, 0.15) is 29.5 Å². The number of hydrogen-bond acceptors (Lipinski definition) is 4. The predicted octanol–water partition coefficient (Wildman–Crippen LogP) is 3.22. The molecule has 3 rings (SSSR count). The molecule has 1 saturated carbocycles. The fraction of sp³-hybridized carbons (Fsp3) is 0.429. The third-order valence-electron chi connectivity index (χ3n) is 5.45. The standard InChI is InChI=1S/C21H27NO3S/c1-4-25-14-21(13-22)19(17-9-5-15(2)6-10-17)20(21)26(23,24)18-11-7-16(3)8-12-18/h5-12,19-20H,4,13-14,22H2,1-3H3. The molecule has 1 fully saturated rings. The van der Waals surface area contributed by atoms with E-state index >= 15 is 0 Å². The van der Waals surface area contributed by atoms with Gasteiger partial charge in [0.05, 0.1) is 16.8 Å². The van der Waals surface area contributed by atoms with Gasteiger partial charge >= 0.3 is 0 Å². The van der Waals surface area contributed by atoms with Gasteiger partial charge in [0.25, 0.3) is 0 Å². The summed E-state index contributed by atoms with van der Waals surface area (Å²) in [7, 11) is -3.50. The van der Waals surface area contributed by atoms with Gasteiger partial charge in [-0.15, -0.1) is 0 Å². The van der Waals surface area contributed by atoms with E-state index in [-0.39, 0.29) is 12.5 Å². The van der Waals surface area contributed by atoms with E-state index in [9.17, 15) is 8.42 Å². The lowest BCUT2D eigenvalue weighted by atomic mass is 9.99. The number of benzene rings is 2. The van der Waals surface area contributed by atoms with E-state index in [1.165, 1.54) is 0 Å². The van der Waals surface area contributed by atoms with Crippen LogP contribution in [-0.4, -0.2) is 33.4 Å². The average molecular weight is 374 g/mol. The summed E-state index contributed by atoms with van der Waals surface area (Å²) >= 11 is 0. The van der Waals surface area contributed by atoms with Gasteiger partial charge < -0.3 is 10.5 Å². The molecule has 0 aromatic heterocycles. The Bertz CT molecular complexity index is 859. The maximum atomic E-state index is 13.4. The Morgan fingerprint density at radius 2 is 1.54 bits per heavy atom. The minimum atomic E-state index is -3.50. The second kappa shape index (κ2) is 7.14. The molecule has 0 aliphatic heterocycles. The van der Waals surface area contributed by atoms with Crippen molar-refractivity contribution in [2.75, 3.05) is 19.8 Å². The Morgan fingerprint density at radius 3 is 2.04 bits per heavy atom. The van der Waals surface area contributed by atoms with Crippen molar-refractivity contribution in [1.82, 2.24) is 0 Å². The number of rotatable bonds is 7. The molecule has 140 valence electrons. The minimum absolute atomic E-state index is 0.147. The number of ether oxygens (including phenoxy) is 1. The Morgan fingerprint density at radius 1 is 1.00 bits per heavy atom. The molecule has 3 unspecified atom stereocenters. The largest absolute Gasteiger partial charge is 0.381 e. The van der Waals surface area contributed by atoms with Gasteiger partial charge in [-0.2, -0.15) is 0 Å². The highest BCUT2D eigenvalue weighted by Gasteiger charge is 2.70. The SMILES string of the molecule is CCOCC1(CN)C(c2ccc(C)cc2)C1S(=O)(=O)c1ccc(C)cc1. The summed E-state index contributed by atoms with van der Waals surface area (Å²) in [5.74, 6) is -0.147. The van der Waals surface area contributed by atoms with Crippen LogP contribution in [0.4, 0.5) is 0 Å². The molecule has 5 heteroatoms. The molecule has 0 amide bonds.